The van der Waals surface area contributed by atoms with Crippen LogP contribution in [-0.4, -0.2) is 52.9 Å². The molecule has 1 aliphatic carbocycles. The van der Waals surface area contributed by atoms with Crippen LogP contribution in [0.5, 0.6) is 0 Å². The van der Waals surface area contributed by atoms with Crippen LogP contribution in [0.3, 0.4) is 0 Å². The molecule has 1 aromatic heterocycles. The zero-order chi connectivity index (χ0) is 15.6. The van der Waals surface area contributed by atoms with E-state index in [2.05, 4.69) is 4.98 Å². The van der Waals surface area contributed by atoms with Gasteiger partial charge in [0, 0.05) is 31.7 Å². The van der Waals surface area contributed by atoms with Crippen LogP contribution in [0.2, 0.25) is 0 Å². The van der Waals surface area contributed by atoms with Crippen molar-refractivity contribution in [2.24, 2.45) is 12.8 Å². The predicted octanol–water partition coefficient (Wildman–Crippen LogP) is -0.327. The lowest BCUT2D eigenvalue weighted by Gasteiger charge is -2.25. The second kappa shape index (κ2) is 6.15. The van der Waals surface area contributed by atoms with Crippen LogP contribution >= 0.6 is 0 Å². The number of sulfone groups is 1. The van der Waals surface area contributed by atoms with Crippen LogP contribution in [0, 0.1) is 0 Å². The van der Waals surface area contributed by atoms with Gasteiger partial charge in [-0.3, -0.25) is 4.79 Å². The molecule has 2 rings (SSSR count). The summed E-state index contributed by atoms with van der Waals surface area (Å²) >= 11 is 0. The first-order valence-electron chi connectivity index (χ1n) is 6.98. The standard InChI is InChI=1S/C13H22N4O3S/c1-16-7-6-15-12(16)9-17(10-3-4-10)13(18)11(14)5-8-21(2,19)20/h6-7,10-11H,3-5,8-9,14H2,1-2H3. The van der Waals surface area contributed by atoms with E-state index in [-0.39, 0.29) is 24.1 Å². The lowest BCUT2D eigenvalue weighted by Crippen LogP contribution is -2.45. The van der Waals surface area contributed by atoms with Crippen LogP contribution in [0.25, 0.3) is 0 Å². The number of hydrogen-bond acceptors (Lipinski definition) is 5. The minimum absolute atomic E-state index is 0.0686. The number of aromatic nitrogens is 2. The van der Waals surface area contributed by atoms with E-state index < -0.39 is 15.9 Å². The van der Waals surface area contributed by atoms with Gasteiger partial charge in [-0.05, 0) is 19.3 Å². The third kappa shape index (κ3) is 4.53. The Morgan fingerprint density at radius 3 is 2.71 bits per heavy atom. The van der Waals surface area contributed by atoms with Gasteiger partial charge in [-0.2, -0.15) is 0 Å². The maximum atomic E-state index is 12.4. The van der Waals surface area contributed by atoms with Crippen molar-refractivity contribution in [3.63, 3.8) is 0 Å². The lowest BCUT2D eigenvalue weighted by atomic mass is 10.2. The topological polar surface area (TPSA) is 98.3 Å². The molecule has 0 aromatic carbocycles. The van der Waals surface area contributed by atoms with Crippen LogP contribution in [0.4, 0.5) is 0 Å². The van der Waals surface area contributed by atoms with Gasteiger partial charge in [-0.25, -0.2) is 13.4 Å². The summed E-state index contributed by atoms with van der Waals surface area (Å²) in [6.45, 7) is 0.416. The van der Waals surface area contributed by atoms with Crippen molar-refractivity contribution in [3.05, 3.63) is 18.2 Å². The van der Waals surface area contributed by atoms with E-state index in [0.29, 0.717) is 6.54 Å². The first-order valence-corrected chi connectivity index (χ1v) is 9.04. The molecule has 1 amide bonds. The molecule has 21 heavy (non-hydrogen) atoms. The van der Waals surface area contributed by atoms with E-state index in [1.165, 1.54) is 0 Å². The summed E-state index contributed by atoms with van der Waals surface area (Å²) in [4.78, 5) is 18.4. The van der Waals surface area contributed by atoms with E-state index in [0.717, 1.165) is 24.9 Å². The van der Waals surface area contributed by atoms with Crippen molar-refractivity contribution in [1.29, 1.82) is 0 Å². The molecule has 0 saturated heterocycles. The molecule has 118 valence electrons. The largest absolute Gasteiger partial charge is 0.337 e. The van der Waals surface area contributed by atoms with Gasteiger partial charge >= 0.3 is 0 Å². The quantitative estimate of drug-likeness (QED) is 0.743. The Bertz CT molecular complexity index is 607. The predicted molar refractivity (Wildman–Crippen MR) is 79.1 cm³/mol. The van der Waals surface area contributed by atoms with Gasteiger partial charge in [0.25, 0.3) is 0 Å². The number of nitrogens with two attached hydrogens (primary N) is 1. The Morgan fingerprint density at radius 1 is 1.57 bits per heavy atom. The maximum absolute atomic E-state index is 12.4. The Balaban J connectivity index is 2.01. The number of carbonyl (C=O) groups is 1. The third-order valence-corrected chi connectivity index (χ3v) is 4.60. The number of aryl methyl sites for hydroxylation is 1. The molecule has 1 heterocycles. The van der Waals surface area contributed by atoms with E-state index in [9.17, 15) is 13.2 Å². The van der Waals surface area contributed by atoms with E-state index in [1.807, 2.05) is 17.8 Å². The molecule has 1 unspecified atom stereocenters. The SMILES string of the molecule is Cn1ccnc1CN(C(=O)C(N)CCS(C)(=O)=O)C1CC1. The summed E-state index contributed by atoms with van der Waals surface area (Å²) in [6.07, 6.45) is 6.76. The van der Waals surface area contributed by atoms with Crippen molar-refractivity contribution in [3.8, 4) is 0 Å². The molecule has 1 aromatic rings. The van der Waals surface area contributed by atoms with Gasteiger partial charge in [0.1, 0.15) is 15.7 Å². The molecule has 0 aliphatic heterocycles. The van der Waals surface area contributed by atoms with Crippen molar-refractivity contribution in [1.82, 2.24) is 14.5 Å². The average molecular weight is 314 g/mol. The number of hydrogen-bond donors (Lipinski definition) is 1. The molecule has 7 nitrogen and oxygen atoms in total. The Morgan fingerprint density at radius 2 is 2.24 bits per heavy atom. The fraction of sp³-hybridized carbons (Fsp3) is 0.692. The molecule has 1 atom stereocenters. The first kappa shape index (κ1) is 16.0. The summed E-state index contributed by atoms with van der Waals surface area (Å²) in [7, 11) is -1.23. The lowest BCUT2D eigenvalue weighted by molar-refractivity contribution is -0.134. The van der Waals surface area contributed by atoms with E-state index >= 15 is 0 Å². The van der Waals surface area contributed by atoms with Crippen LogP contribution in [0.15, 0.2) is 12.4 Å². The summed E-state index contributed by atoms with van der Waals surface area (Å²) in [5.41, 5.74) is 5.88. The molecule has 1 saturated carbocycles. The summed E-state index contributed by atoms with van der Waals surface area (Å²) in [6, 6.07) is -0.570. The fourth-order valence-electron chi connectivity index (χ4n) is 2.15. The fourth-order valence-corrected chi connectivity index (χ4v) is 2.83. The number of carbonyl (C=O) groups excluding carboxylic acids is 1. The van der Waals surface area contributed by atoms with Crippen molar-refractivity contribution in [2.45, 2.75) is 37.9 Å². The minimum Gasteiger partial charge on any atom is -0.337 e. The van der Waals surface area contributed by atoms with E-state index in [4.69, 9.17) is 5.73 Å². The highest BCUT2D eigenvalue weighted by Crippen LogP contribution is 2.28. The van der Waals surface area contributed by atoms with Gasteiger partial charge in [0.2, 0.25) is 5.91 Å². The van der Waals surface area contributed by atoms with Crippen molar-refractivity contribution < 1.29 is 13.2 Å². The van der Waals surface area contributed by atoms with Crippen LogP contribution in [0.1, 0.15) is 25.1 Å². The summed E-state index contributed by atoms with van der Waals surface area (Å²) in [5.74, 6) is 0.538. The zero-order valence-corrected chi connectivity index (χ0v) is 13.2. The third-order valence-electron chi connectivity index (χ3n) is 3.62. The molecule has 1 fully saturated rings. The van der Waals surface area contributed by atoms with Crippen LogP contribution < -0.4 is 5.73 Å². The minimum atomic E-state index is -3.11. The molecule has 0 spiro atoms. The zero-order valence-electron chi connectivity index (χ0n) is 12.4. The van der Waals surface area contributed by atoms with Gasteiger partial charge in [-0.15, -0.1) is 0 Å². The molecular weight excluding hydrogens is 292 g/mol. The van der Waals surface area contributed by atoms with Crippen molar-refractivity contribution in [2.75, 3.05) is 12.0 Å². The van der Waals surface area contributed by atoms with Gasteiger partial charge < -0.3 is 15.2 Å². The van der Waals surface area contributed by atoms with Gasteiger partial charge in [0.05, 0.1) is 18.3 Å². The molecule has 0 radical (unpaired) electrons. The highest BCUT2D eigenvalue weighted by atomic mass is 32.2. The van der Waals surface area contributed by atoms with Gasteiger partial charge in [-0.1, -0.05) is 0 Å². The molecule has 1 aliphatic rings. The van der Waals surface area contributed by atoms with Gasteiger partial charge in [0.15, 0.2) is 0 Å². The number of amides is 1. The second-order valence-electron chi connectivity index (χ2n) is 5.68. The maximum Gasteiger partial charge on any atom is 0.240 e. The molecule has 2 N–H and O–H groups in total. The number of imidazole rings is 1. The van der Waals surface area contributed by atoms with E-state index in [1.54, 1.807) is 11.1 Å². The first-order chi connectivity index (χ1) is 9.78. The Labute approximate surface area is 125 Å². The highest BCUT2D eigenvalue weighted by Gasteiger charge is 2.35. The summed E-state index contributed by atoms with van der Waals surface area (Å²) in [5, 5.41) is 0. The smallest absolute Gasteiger partial charge is 0.240 e. The monoisotopic (exact) mass is 314 g/mol. The normalized spacial score (nSPS) is 16.7. The molecule has 8 heteroatoms. The second-order valence-corrected chi connectivity index (χ2v) is 7.94. The van der Waals surface area contributed by atoms with Crippen LogP contribution in [-0.2, 0) is 28.2 Å². The Hall–Kier alpha value is -1.41. The Kier molecular flexibility index (Phi) is 4.67. The van der Waals surface area contributed by atoms with Crippen molar-refractivity contribution >= 4 is 15.7 Å². The average Bonchev–Trinajstić information content (AvgIpc) is 3.16. The number of rotatable bonds is 7. The highest BCUT2D eigenvalue weighted by molar-refractivity contribution is 7.90. The summed E-state index contributed by atoms with van der Waals surface area (Å²) < 4.78 is 24.2. The molecule has 0 bridgehead atoms. The number of nitrogens with zero attached hydrogens (tertiary/aromatic N) is 3. The molecular formula is C13H22N4O3S.